The molecule has 0 saturated carbocycles. The van der Waals surface area contributed by atoms with Crippen molar-refractivity contribution >= 4 is 35.9 Å². The van der Waals surface area contributed by atoms with Crippen LogP contribution in [0.3, 0.4) is 0 Å². The lowest BCUT2D eigenvalue weighted by molar-refractivity contribution is -0.149. The Morgan fingerprint density at radius 3 is 2.52 bits per heavy atom. The number of piperidine rings is 1. The second kappa shape index (κ2) is 10.8. The van der Waals surface area contributed by atoms with Gasteiger partial charge in [-0.1, -0.05) is 32.0 Å². The zero-order valence-corrected chi connectivity index (χ0v) is 19.0. The summed E-state index contributed by atoms with van der Waals surface area (Å²) < 4.78 is 19.2. The van der Waals surface area contributed by atoms with E-state index >= 15 is 0 Å². The van der Waals surface area contributed by atoms with Gasteiger partial charge in [-0.3, -0.25) is 9.79 Å². The largest absolute Gasteiger partial charge is 0.466 e. The van der Waals surface area contributed by atoms with Crippen LogP contribution in [0.1, 0.15) is 39.2 Å². The number of carbonyl (C=O) groups is 1. The molecule has 1 fully saturated rings. The van der Waals surface area contributed by atoms with Crippen LogP contribution in [0.15, 0.2) is 29.3 Å². The van der Waals surface area contributed by atoms with Crippen molar-refractivity contribution in [3.63, 3.8) is 0 Å². The third-order valence-electron chi connectivity index (χ3n) is 4.92. The van der Waals surface area contributed by atoms with E-state index in [9.17, 15) is 9.18 Å². The van der Waals surface area contributed by atoms with Crippen LogP contribution in [0.25, 0.3) is 0 Å². The standard InChI is InChI=1S/C20H30FN3O2.HI/c1-5-26-18(25)15-10-12-24(13-11-15)19(22-4)23-14-20(2,3)16-8-6-7-9-17(16)21;/h6-9,15H,5,10-14H2,1-4H3,(H,22,23);1H. The van der Waals surface area contributed by atoms with Gasteiger partial charge in [-0.2, -0.15) is 0 Å². The van der Waals surface area contributed by atoms with Crippen molar-refractivity contribution in [3.8, 4) is 0 Å². The molecule has 1 N–H and O–H groups in total. The van der Waals surface area contributed by atoms with E-state index < -0.39 is 0 Å². The summed E-state index contributed by atoms with van der Waals surface area (Å²) in [5.41, 5.74) is 0.314. The SMILES string of the molecule is CCOC(=O)C1CCN(C(=NC)NCC(C)(C)c2ccccc2F)CC1.I. The van der Waals surface area contributed by atoms with E-state index in [4.69, 9.17) is 4.74 Å². The summed E-state index contributed by atoms with van der Waals surface area (Å²) in [5.74, 6) is 0.469. The van der Waals surface area contributed by atoms with Gasteiger partial charge in [-0.15, -0.1) is 24.0 Å². The number of nitrogens with one attached hydrogen (secondary N) is 1. The van der Waals surface area contributed by atoms with Gasteiger partial charge in [-0.25, -0.2) is 4.39 Å². The first-order valence-electron chi connectivity index (χ1n) is 9.26. The lowest BCUT2D eigenvalue weighted by Gasteiger charge is -2.35. The molecule has 27 heavy (non-hydrogen) atoms. The first kappa shape index (κ1) is 23.7. The average Bonchev–Trinajstić information content (AvgIpc) is 2.63. The van der Waals surface area contributed by atoms with Gasteiger partial charge < -0.3 is 15.0 Å². The van der Waals surface area contributed by atoms with E-state index in [1.54, 1.807) is 13.1 Å². The van der Waals surface area contributed by atoms with E-state index in [1.807, 2.05) is 32.9 Å². The minimum atomic E-state index is -0.370. The Balaban J connectivity index is 0.00000364. The molecule has 1 aromatic carbocycles. The molecule has 0 aromatic heterocycles. The lowest BCUT2D eigenvalue weighted by Crippen LogP contribution is -2.49. The van der Waals surface area contributed by atoms with Gasteiger partial charge in [0.25, 0.3) is 0 Å². The molecule has 7 heteroatoms. The maximum atomic E-state index is 14.1. The number of nitrogens with zero attached hydrogens (tertiary/aromatic N) is 2. The molecule has 2 rings (SSSR count). The van der Waals surface area contributed by atoms with E-state index in [-0.39, 0.29) is 47.1 Å². The molecule has 0 amide bonds. The van der Waals surface area contributed by atoms with Gasteiger partial charge in [0.2, 0.25) is 0 Å². The summed E-state index contributed by atoms with van der Waals surface area (Å²) >= 11 is 0. The second-order valence-electron chi connectivity index (χ2n) is 7.28. The zero-order chi connectivity index (χ0) is 19.2. The highest BCUT2D eigenvalue weighted by molar-refractivity contribution is 14.0. The highest BCUT2D eigenvalue weighted by Crippen LogP contribution is 2.25. The Kier molecular flexibility index (Phi) is 9.49. The number of benzene rings is 1. The molecule has 0 spiro atoms. The fraction of sp³-hybridized carbons (Fsp3) is 0.600. The van der Waals surface area contributed by atoms with Crippen LogP contribution >= 0.6 is 24.0 Å². The van der Waals surface area contributed by atoms with Crippen LogP contribution in [-0.4, -0.2) is 50.1 Å². The molecule has 1 aliphatic heterocycles. The molecule has 5 nitrogen and oxygen atoms in total. The zero-order valence-electron chi connectivity index (χ0n) is 16.6. The Bertz CT molecular complexity index is 644. The van der Waals surface area contributed by atoms with Crippen LogP contribution in [0, 0.1) is 11.7 Å². The van der Waals surface area contributed by atoms with Crippen molar-refractivity contribution in [2.75, 3.05) is 33.3 Å². The van der Waals surface area contributed by atoms with Gasteiger partial charge in [0.15, 0.2) is 5.96 Å². The van der Waals surface area contributed by atoms with Gasteiger partial charge in [0, 0.05) is 32.1 Å². The first-order chi connectivity index (χ1) is 12.4. The molecule has 1 aliphatic rings. The minimum Gasteiger partial charge on any atom is -0.466 e. The summed E-state index contributed by atoms with van der Waals surface area (Å²) in [6.07, 6.45) is 1.52. The van der Waals surface area contributed by atoms with E-state index in [2.05, 4.69) is 15.2 Å². The Hall–Kier alpha value is -1.38. The van der Waals surface area contributed by atoms with Crippen LogP contribution in [0.2, 0.25) is 0 Å². The number of ether oxygens (including phenoxy) is 1. The van der Waals surface area contributed by atoms with Crippen molar-refractivity contribution in [2.24, 2.45) is 10.9 Å². The average molecular weight is 491 g/mol. The Morgan fingerprint density at radius 1 is 1.33 bits per heavy atom. The summed E-state index contributed by atoms with van der Waals surface area (Å²) in [6.45, 7) is 8.35. The quantitative estimate of drug-likeness (QED) is 0.296. The molecule has 0 aliphatic carbocycles. The van der Waals surface area contributed by atoms with E-state index in [0.29, 0.717) is 18.7 Å². The molecule has 0 unspecified atom stereocenters. The Morgan fingerprint density at radius 2 is 1.96 bits per heavy atom. The van der Waals surface area contributed by atoms with Crippen LogP contribution < -0.4 is 5.32 Å². The number of rotatable bonds is 5. The molecule has 152 valence electrons. The summed E-state index contributed by atoms with van der Waals surface area (Å²) in [5, 5.41) is 3.37. The topological polar surface area (TPSA) is 53.9 Å². The van der Waals surface area contributed by atoms with Gasteiger partial charge in [0.1, 0.15) is 5.82 Å². The molecular weight excluding hydrogens is 460 g/mol. The fourth-order valence-corrected chi connectivity index (χ4v) is 3.32. The molecular formula is C20H31FIN3O2. The summed E-state index contributed by atoms with van der Waals surface area (Å²) in [7, 11) is 1.75. The highest BCUT2D eigenvalue weighted by atomic mass is 127. The van der Waals surface area contributed by atoms with Gasteiger partial charge in [-0.05, 0) is 31.4 Å². The fourth-order valence-electron chi connectivity index (χ4n) is 3.32. The van der Waals surface area contributed by atoms with Crippen LogP contribution in [0.4, 0.5) is 4.39 Å². The van der Waals surface area contributed by atoms with E-state index in [1.165, 1.54) is 6.07 Å². The van der Waals surface area contributed by atoms with Crippen molar-refractivity contribution in [2.45, 2.75) is 39.0 Å². The van der Waals surface area contributed by atoms with Crippen LogP contribution in [-0.2, 0) is 14.9 Å². The number of carbonyl (C=O) groups excluding carboxylic acids is 1. The van der Waals surface area contributed by atoms with Gasteiger partial charge in [0.05, 0.1) is 12.5 Å². The number of hydrogen-bond donors (Lipinski definition) is 1. The maximum Gasteiger partial charge on any atom is 0.309 e. The van der Waals surface area contributed by atoms with Gasteiger partial charge >= 0.3 is 5.97 Å². The number of hydrogen-bond acceptors (Lipinski definition) is 3. The number of likely N-dealkylation sites (tertiary alicyclic amines) is 1. The molecule has 0 bridgehead atoms. The first-order valence-corrected chi connectivity index (χ1v) is 9.26. The minimum absolute atomic E-state index is 0. The molecule has 1 aromatic rings. The molecule has 1 heterocycles. The smallest absolute Gasteiger partial charge is 0.309 e. The molecule has 0 radical (unpaired) electrons. The Labute approximate surface area is 178 Å². The predicted octanol–water partition coefficient (Wildman–Crippen LogP) is 3.57. The third kappa shape index (κ3) is 6.33. The maximum absolute atomic E-state index is 14.1. The lowest BCUT2D eigenvalue weighted by atomic mass is 9.84. The monoisotopic (exact) mass is 491 g/mol. The van der Waals surface area contributed by atoms with Crippen LogP contribution in [0.5, 0.6) is 0 Å². The molecule has 0 atom stereocenters. The summed E-state index contributed by atoms with van der Waals surface area (Å²) in [6, 6.07) is 6.88. The summed E-state index contributed by atoms with van der Waals surface area (Å²) in [4.78, 5) is 18.4. The number of guanidine groups is 1. The predicted molar refractivity (Wildman–Crippen MR) is 117 cm³/mol. The van der Waals surface area contributed by atoms with Crippen molar-refractivity contribution in [1.82, 2.24) is 10.2 Å². The second-order valence-corrected chi connectivity index (χ2v) is 7.28. The number of esters is 1. The van der Waals surface area contributed by atoms with Crippen molar-refractivity contribution in [1.29, 1.82) is 0 Å². The number of aliphatic imine (C=N–C) groups is 1. The number of halogens is 2. The van der Waals surface area contributed by atoms with Crippen molar-refractivity contribution < 1.29 is 13.9 Å². The van der Waals surface area contributed by atoms with E-state index in [0.717, 1.165) is 31.9 Å². The normalized spacial score (nSPS) is 15.9. The third-order valence-corrected chi connectivity index (χ3v) is 4.92. The molecule has 1 saturated heterocycles. The highest BCUT2D eigenvalue weighted by Gasteiger charge is 2.29. The van der Waals surface area contributed by atoms with Crippen molar-refractivity contribution in [3.05, 3.63) is 35.6 Å².